The molecule has 0 radical (unpaired) electrons. The molecule has 1 aliphatic heterocycles. The van der Waals surface area contributed by atoms with Crippen molar-refractivity contribution in [1.82, 2.24) is 20.9 Å². The van der Waals surface area contributed by atoms with E-state index in [1.165, 1.54) is 4.90 Å². The molecule has 12 heteroatoms. The summed E-state index contributed by atoms with van der Waals surface area (Å²) in [5, 5.41) is 17.8. The van der Waals surface area contributed by atoms with Gasteiger partial charge in [0.05, 0.1) is 6.04 Å². The highest BCUT2D eigenvalue weighted by molar-refractivity contribution is 6.37. The van der Waals surface area contributed by atoms with E-state index in [0.717, 1.165) is 24.0 Å². The van der Waals surface area contributed by atoms with Crippen molar-refractivity contribution in [2.45, 2.75) is 97.3 Å². The van der Waals surface area contributed by atoms with E-state index in [4.69, 9.17) is 5.73 Å². The highest BCUT2D eigenvalue weighted by Crippen LogP contribution is 2.36. The summed E-state index contributed by atoms with van der Waals surface area (Å²) in [6, 6.07) is 2.74. The van der Waals surface area contributed by atoms with Crippen LogP contribution in [0.25, 0.3) is 0 Å². The van der Waals surface area contributed by atoms with E-state index >= 15 is 0 Å². The Kier molecular flexibility index (Phi) is 10.2. The van der Waals surface area contributed by atoms with Gasteiger partial charge in [-0.05, 0) is 65.9 Å². The third kappa shape index (κ3) is 8.01. The molecule has 0 aromatic heterocycles. The van der Waals surface area contributed by atoms with E-state index < -0.39 is 65.1 Å². The number of rotatable bonds is 12. The molecular formula is C33H47N5O7. The lowest BCUT2D eigenvalue weighted by atomic mass is 9.87. The number of urea groups is 1. The zero-order chi connectivity index (χ0) is 33.2. The van der Waals surface area contributed by atoms with Crippen LogP contribution >= 0.6 is 0 Å². The molecular weight excluding hydrogens is 578 g/mol. The third-order valence-electron chi connectivity index (χ3n) is 9.49. The molecule has 12 nitrogen and oxygen atoms in total. The number of hydrogen-bond acceptors (Lipinski definition) is 6. The van der Waals surface area contributed by atoms with Gasteiger partial charge in [-0.25, -0.2) is 9.59 Å². The largest absolute Gasteiger partial charge is 0.480 e. The quantitative estimate of drug-likeness (QED) is 0.219. The number of fused-ring (bicyclic) bond motifs is 1. The number of likely N-dealkylation sites (tertiary alicyclic amines) is 1. The SMILES string of the molecule is CC(C)[C@H]1CCN(C(=O)[C@@H](NC(=O)N[C@H](C(=O)O)C(C)(C)C)C2Cc3ccccc3C2)[C@@H]1C(=O)NC(CC1CC1)C(=O)C(N)=O. The number of primary amides is 1. The number of hydrogen-bond donors (Lipinski definition) is 5. The van der Waals surface area contributed by atoms with E-state index in [0.29, 0.717) is 25.7 Å². The molecule has 0 bridgehead atoms. The van der Waals surface area contributed by atoms with Crippen molar-refractivity contribution in [3.63, 3.8) is 0 Å². The molecule has 0 spiro atoms. The molecule has 3 aliphatic rings. The molecule has 6 N–H and O–H groups in total. The van der Waals surface area contributed by atoms with Crippen LogP contribution in [0.2, 0.25) is 0 Å². The number of carboxylic acid groups (broad SMARTS) is 1. The number of nitrogens with two attached hydrogens (primary N) is 1. The second-order valence-corrected chi connectivity index (χ2v) is 14.3. The number of Topliss-reactive ketones (excluding diaryl/α,β-unsaturated/α-hetero) is 1. The molecule has 246 valence electrons. The van der Waals surface area contributed by atoms with Gasteiger partial charge in [0, 0.05) is 6.54 Å². The first-order valence-corrected chi connectivity index (χ1v) is 15.9. The lowest BCUT2D eigenvalue weighted by Gasteiger charge is -2.35. The van der Waals surface area contributed by atoms with E-state index in [2.05, 4.69) is 16.0 Å². The standard InChI is InChI=1S/C33H47N5O7/c1-17(2)22-12-13-38(25(22)29(41)35-23(14-18-10-11-18)26(39)28(34)40)30(42)24(21-15-19-8-6-7-9-20(19)16-21)36-32(45)37-27(31(43)44)33(3,4)5/h6-9,17-18,21-25,27H,10-16H2,1-5H3,(H2,34,40)(H,35,41)(H,43,44)(H2,36,37,45)/t22-,23?,24+,25+,27-/m1/s1. The molecule has 5 atom stereocenters. The van der Waals surface area contributed by atoms with Crippen LogP contribution in [0.4, 0.5) is 4.79 Å². The average Bonchev–Trinajstić information content (AvgIpc) is 3.48. The Morgan fingerprint density at radius 1 is 0.956 bits per heavy atom. The first-order valence-electron chi connectivity index (χ1n) is 15.9. The molecule has 1 saturated carbocycles. The van der Waals surface area contributed by atoms with Crippen molar-refractivity contribution in [1.29, 1.82) is 0 Å². The highest BCUT2D eigenvalue weighted by Gasteiger charge is 2.48. The minimum atomic E-state index is -1.21. The second kappa shape index (κ2) is 13.6. The molecule has 2 aliphatic carbocycles. The zero-order valence-corrected chi connectivity index (χ0v) is 26.8. The molecule has 1 unspecified atom stereocenters. The molecule has 1 heterocycles. The maximum absolute atomic E-state index is 14.5. The Balaban J connectivity index is 1.62. The van der Waals surface area contributed by atoms with Gasteiger partial charge in [0.2, 0.25) is 17.6 Å². The van der Waals surface area contributed by atoms with Gasteiger partial charge in [-0.15, -0.1) is 0 Å². The monoisotopic (exact) mass is 625 g/mol. The van der Waals surface area contributed by atoms with E-state index in [-0.39, 0.29) is 30.2 Å². The first kappa shape index (κ1) is 33.9. The van der Waals surface area contributed by atoms with Gasteiger partial charge in [0.25, 0.3) is 5.91 Å². The predicted octanol–water partition coefficient (Wildman–Crippen LogP) is 1.78. The number of carbonyl (C=O) groups excluding carboxylic acids is 5. The van der Waals surface area contributed by atoms with Crippen molar-refractivity contribution < 1.29 is 33.9 Å². The van der Waals surface area contributed by atoms with Gasteiger partial charge in [-0.1, -0.05) is 71.7 Å². The molecule has 1 aromatic rings. The van der Waals surface area contributed by atoms with Crippen molar-refractivity contribution >= 4 is 35.5 Å². The average molecular weight is 626 g/mol. The Morgan fingerprint density at radius 3 is 2.04 bits per heavy atom. The fourth-order valence-corrected chi connectivity index (χ4v) is 6.80. The number of aliphatic carboxylic acids is 1. The summed E-state index contributed by atoms with van der Waals surface area (Å²) in [5.41, 5.74) is 6.62. The minimum Gasteiger partial charge on any atom is -0.480 e. The Labute approximate surface area is 264 Å². The minimum absolute atomic E-state index is 0.0147. The summed E-state index contributed by atoms with van der Waals surface area (Å²) in [5.74, 6) is -4.49. The topological polar surface area (TPSA) is 188 Å². The van der Waals surface area contributed by atoms with Crippen LogP contribution in [0.3, 0.4) is 0 Å². The molecule has 5 amide bonds. The van der Waals surface area contributed by atoms with Crippen LogP contribution in [0, 0.1) is 29.1 Å². The highest BCUT2D eigenvalue weighted by atomic mass is 16.4. The van der Waals surface area contributed by atoms with Gasteiger partial charge in [-0.2, -0.15) is 0 Å². The predicted molar refractivity (Wildman–Crippen MR) is 166 cm³/mol. The number of benzene rings is 1. The van der Waals surface area contributed by atoms with Gasteiger partial charge < -0.3 is 31.7 Å². The number of ketones is 1. The van der Waals surface area contributed by atoms with Crippen LogP contribution < -0.4 is 21.7 Å². The van der Waals surface area contributed by atoms with Crippen molar-refractivity contribution in [2.75, 3.05) is 6.54 Å². The molecule has 1 saturated heterocycles. The molecule has 2 fully saturated rings. The second-order valence-electron chi connectivity index (χ2n) is 14.3. The van der Waals surface area contributed by atoms with Crippen LogP contribution in [0.15, 0.2) is 24.3 Å². The summed E-state index contributed by atoms with van der Waals surface area (Å²) < 4.78 is 0. The Hall–Kier alpha value is -3.96. The summed E-state index contributed by atoms with van der Waals surface area (Å²) in [7, 11) is 0. The van der Waals surface area contributed by atoms with E-state index in [1.54, 1.807) is 20.8 Å². The van der Waals surface area contributed by atoms with Crippen LogP contribution in [-0.4, -0.2) is 76.2 Å². The first-order chi connectivity index (χ1) is 21.1. The molecule has 1 aromatic carbocycles. The summed E-state index contributed by atoms with van der Waals surface area (Å²) in [4.78, 5) is 79.6. The maximum atomic E-state index is 14.5. The summed E-state index contributed by atoms with van der Waals surface area (Å²) in [6.45, 7) is 9.27. The van der Waals surface area contributed by atoms with Crippen molar-refractivity contribution in [3.8, 4) is 0 Å². The van der Waals surface area contributed by atoms with Gasteiger partial charge in [0.15, 0.2) is 0 Å². The normalized spacial score (nSPS) is 21.9. The van der Waals surface area contributed by atoms with Gasteiger partial charge >= 0.3 is 12.0 Å². The number of nitrogens with zero attached hydrogens (tertiary/aromatic N) is 1. The Bertz CT molecular complexity index is 1310. The summed E-state index contributed by atoms with van der Waals surface area (Å²) in [6.07, 6.45) is 3.68. The smallest absolute Gasteiger partial charge is 0.326 e. The molecule has 45 heavy (non-hydrogen) atoms. The lowest BCUT2D eigenvalue weighted by molar-refractivity contribution is -0.144. The third-order valence-corrected chi connectivity index (χ3v) is 9.49. The number of carbonyl (C=O) groups is 6. The van der Waals surface area contributed by atoms with Crippen molar-refractivity contribution in [3.05, 3.63) is 35.4 Å². The Morgan fingerprint density at radius 2 is 1.56 bits per heavy atom. The fraction of sp³-hybridized carbons (Fsp3) is 0.636. The lowest BCUT2D eigenvalue weighted by Crippen LogP contribution is -2.61. The fourth-order valence-electron chi connectivity index (χ4n) is 6.80. The van der Waals surface area contributed by atoms with Crippen LogP contribution in [0.1, 0.15) is 71.4 Å². The van der Waals surface area contributed by atoms with Gasteiger partial charge in [0.1, 0.15) is 18.1 Å². The van der Waals surface area contributed by atoms with Crippen LogP contribution in [-0.2, 0) is 36.8 Å². The summed E-state index contributed by atoms with van der Waals surface area (Å²) >= 11 is 0. The zero-order valence-electron chi connectivity index (χ0n) is 26.8. The van der Waals surface area contributed by atoms with Gasteiger partial charge in [-0.3, -0.25) is 19.2 Å². The number of amides is 5. The maximum Gasteiger partial charge on any atom is 0.326 e. The van der Waals surface area contributed by atoms with E-state index in [1.807, 2.05) is 38.1 Å². The van der Waals surface area contributed by atoms with Crippen molar-refractivity contribution in [2.24, 2.45) is 34.8 Å². The molecule has 4 rings (SSSR count). The number of nitrogens with one attached hydrogen (secondary N) is 3. The van der Waals surface area contributed by atoms with E-state index in [9.17, 15) is 33.9 Å². The number of carboxylic acids is 1. The van der Waals surface area contributed by atoms with Crippen LogP contribution in [0.5, 0.6) is 0 Å².